The SMILES string of the molecule is CCC1(CC)c2nc(C#N)cnc2C2(COC2)NC1O. The van der Waals surface area contributed by atoms with Crippen molar-refractivity contribution in [3.63, 3.8) is 0 Å². The van der Waals surface area contributed by atoms with Crippen LogP contribution in [0.5, 0.6) is 0 Å². The molecule has 1 atom stereocenters. The van der Waals surface area contributed by atoms with Crippen LogP contribution >= 0.6 is 0 Å². The Kier molecular flexibility index (Phi) is 3.01. The highest BCUT2D eigenvalue weighted by Crippen LogP contribution is 2.45. The Hall–Kier alpha value is -1.55. The summed E-state index contributed by atoms with van der Waals surface area (Å²) in [5.41, 5.74) is 0.895. The first-order valence-corrected chi connectivity index (χ1v) is 6.93. The highest BCUT2D eigenvalue weighted by Gasteiger charge is 2.55. The first kappa shape index (κ1) is 13.4. The van der Waals surface area contributed by atoms with E-state index in [2.05, 4.69) is 15.3 Å². The fourth-order valence-corrected chi connectivity index (χ4v) is 3.24. The fourth-order valence-electron chi connectivity index (χ4n) is 3.24. The number of ether oxygens (including phenoxy) is 1. The topological polar surface area (TPSA) is 91.1 Å². The molecule has 6 heteroatoms. The highest BCUT2D eigenvalue weighted by atomic mass is 16.5. The third-order valence-electron chi connectivity index (χ3n) is 4.71. The van der Waals surface area contributed by atoms with E-state index in [1.807, 2.05) is 19.9 Å². The van der Waals surface area contributed by atoms with E-state index in [1.165, 1.54) is 6.20 Å². The third kappa shape index (κ3) is 1.54. The Labute approximate surface area is 117 Å². The van der Waals surface area contributed by atoms with Gasteiger partial charge in [-0.2, -0.15) is 5.26 Å². The van der Waals surface area contributed by atoms with Gasteiger partial charge in [0.25, 0.3) is 0 Å². The maximum atomic E-state index is 10.6. The minimum atomic E-state index is -0.711. The van der Waals surface area contributed by atoms with Gasteiger partial charge in [0, 0.05) is 0 Å². The summed E-state index contributed by atoms with van der Waals surface area (Å²) in [7, 11) is 0. The van der Waals surface area contributed by atoms with Crippen molar-refractivity contribution in [3.05, 3.63) is 23.3 Å². The molecule has 6 nitrogen and oxygen atoms in total. The minimum Gasteiger partial charge on any atom is -0.378 e. The second-order valence-corrected chi connectivity index (χ2v) is 5.55. The molecule has 1 spiro atoms. The molecule has 0 aliphatic carbocycles. The van der Waals surface area contributed by atoms with Crippen LogP contribution in [-0.2, 0) is 15.7 Å². The zero-order chi connectivity index (χ0) is 14.4. The molecule has 0 amide bonds. The summed E-state index contributed by atoms with van der Waals surface area (Å²) in [6.45, 7) is 4.99. The Balaban J connectivity index is 2.23. The molecular formula is C14H18N4O2. The van der Waals surface area contributed by atoms with Crippen LogP contribution in [-0.4, -0.2) is 34.5 Å². The largest absolute Gasteiger partial charge is 0.378 e. The number of hydrogen-bond donors (Lipinski definition) is 2. The molecule has 1 aromatic rings. The van der Waals surface area contributed by atoms with Gasteiger partial charge >= 0.3 is 0 Å². The van der Waals surface area contributed by atoms with E-state index in [0.29, 0.717) is 18.9 Å². The van der Waals surface area contributed by atoms with Crippen molar-refractivity contribution in [3.8, 4) is 6.07 Å². The van der Waals surface area contributed by atoms with Crippen molar-refractivity contribution in [1.82, 2.24) is 15.3 Å². The Morgan fingerprint density at radius 1 is 1.45 bits per heavy atom. The molecule has 106 valence electrons. The fraction of sp³-hybridized carbons (Fsp3) is 0.643. The molecule has 1 fully saturated rings. The van der Waals surface area contributed by atoms with E-state index in [1.54, 1.807) is 0 Å². The standard InChI is InChI=1S/C14H18N4O2/c1-3-13(4-2)10-11(16-6-9(5-15)17-10)14(7-20-8-14)18-12(13)19/h6,12,18-19H,3-4,7-8H2,1-2H3. The van der Waals surface area contributed by atoms with Gasteiger partial charge in [-0.15, -0.1) is 0 Å². The monoisotopic (exact) mass is 274 g/mol. The lowest BCUT2D eigenvalue weighted by molar-refractivity contribution is -0.129. The number of nitrogens with zero attached hydrogens (tertiary/aromatic N) is 3. The predicted octanol–water partition coefficient (Wildman–Crippen LogP) is 0.553. The number of hydrogen-bond acceptors (Lipinski definition) is 6. The zero-order valence-electron chi connectivity index (χ0n) is 11.7. The number of nitrogens with one attached hydrogen (secondary N) is 1. The van der Waals surface area contributed by atoms with Crippen LogP contribution in [0.25, 0.3) is 0 Å². The maximum Gasteiger partial charge on any atom is 0.159 e. The van der Waals surface area contributed by atoms with E-state index in [4.69, 9.17) is 10.00 Å². The third-order valence-corrected chi connectivity index (χ3v) is 4.71. The van der Waals surface area contributed by atoms with E-state index >= 15 is 0 Å². The van der Waals surface area contributed by atoms with Crippen molar-refractivity contribution in [2.45, 2.75) is 43.9 Å². The van der Waals surface area contributed by atoms with Crippen LogP contribution in [0.2, 0.25) is 0 Å². The molecule has 3 rings (SSSR count). The predicted molar refractivity (Wildman–Crippen MR) is 70.6 cm³/mol. The number of aliphatic hydroxyl groups is 1. The van der Waals surface area contributed by atoms with E-state index in [9.17, 15) is 5.11 Å². The van der Waals surface area contributed by atoms with Gasteiger partial charge in [0.15, 0.2) is 5.69 Å². The van der Waals surface area contributed by atoms with Crippen molar-refractivity contribution in [1.29, 1.82) is 5.26 Å². The molecule has 2 N–H and O–H groups in total. The van der Waals surface area contributed by atoms with Gasteiger partial charge in [0.05, 0.1) is 36.2 Å². The summed E-state index contributed by atoms with van der Waals surface area (Å²) in [6, 6.07) is 2.03. The second-order valence-electron chi connectivity index (χ2n) is 5.55. The number of aromatic nitrogens is 2. The van der Waals surface area contributed by atoms with Crippen molar-refractivity contribution in [2.75, 3.05) is 13.2 Å². The molecule has 0 aromatic carbocycles. The van der Waals surface area contributed by atoms with Gasteiger partial charge in [-0.25, -0.2) is 4.98 Å². The molecule has 20 heavy (non-hydrogen) atoms. The zero-order valence-corrected chi connectivity index (χ0v) is 11.7. The lowest BCUT2D eigenvalue weighted by atomic mass is 9.69. The van der Waals surface area contributed by atoms with E-state index < -0.39 is 17.2 Å². The molecule has 2 aliphatic heterocycles. The molecule has 3 heterocycles. The lowest BCUT2D eigenvalue weighted by Crippen LogP contribution is -2.69. The number of nitriles is 1. The van der Waals surface area contributed by atoms with Crippen LogP contribution in [0, 0.1) is 11.3 Å². The van der Waals surface area contributed by atoms with Crippen LogP contribution in [0.4, 0.5) is 0 Å². The Morgan fingerprint density at radius 3 is 2.65 bits per heavy atom. The lowest BCUT2D eigenvalue weighted by Gasteiger charge is -2.52. The first-order chi connectivity index (χ1) is 9.62. The number of fused-ring (bicyclic) bond motifs is 2. The molecule has 0 saturated carbocycles. The Bertz CT molecular complexity index is 573. The minimum absolute atomic E-state index is 0.291. The quantitative estimate of drug-likeness (QED) is 0.818. The van der Waals surface area contributed by atoms with Crippen LogP contribution in [0.15, 0.2) is 6.20 Å². The van der Waals surface area contributed by atoms with Gasteiger partial charge in [0.2, 0.25) is 0 Å². The summed E-state index contributed by atoms with van der Waals surface area (Å²) in [4.78, 5) is 8.93. The normalized spacial score (nSPS) is 25.6. The molecule has 1 unspecified atom stereocenters. The van der Waals surface area contributed by atoms with Crippen LogP contribution in [0.3, 0.4) is 0 Å². The molecule has 1 aromatic heterocycles. The summed E-state index contributed by atoms with van der Waals surface area (Å²) in [5.74, 6) is 0. The smallest absolute Gasteiger partial charge is 0.159 e. The van der Waals surface area contributed by atoms with Gasteiger partial charge in [-0.05, 0) is 12.8 Å². The van der Waals surface area contributed by atoms with E-state index in [-0.39, 0.29) is 0 Å². The Morgan fingerprint density at radius 2 is 2.15 bits per heavy atom. The van der Waals surface area contributed by atoms with Crippen molar-refractivity contribution < 1.29 is 9.84 Å². The van der Waals surface area contributed by atoms with Crippen molar-refractivity contribution >= 4 is 0 Å². The highest BCUT2D eigenvalue weighted by molar-refractivity contribution is 5.38. The second kappa shape index (κ2) is 4.48. The summed E-state index contributed by atoms with van der Waals surface area (Å²) >= 11 is 0. The number of rotatable bonds is 2. The molecule has 0 radical (unpaired) electrons. The van der Waals surface area contributed by atoms with Gasteiger partial charge in [0.1, 0.15) is 17.8 Å². The van der Waals surface area contributed by atoms with Crippen LogP contribution in [0.1, 0.15) is 43.8 Å². The molecule has 1 saturated heterocycles. The summed E-state index contributed by atoms with van der Waals surface area (Å²) in [6.07, 6.45) is 2.24. The molecular weight excluding hydrogens is 256 g/mol. The average molecular weight is 274 g/mol. The molecule has 2 aliphatic rings. The first-order valence-electron chi connectivity index (χ1n) is 6.93. The average Bonchev–Trinajstić information content (AvgIpc) is 2.44. The summed E-state index contributed by atoms with van der Waals surface area (Å²) < 4.78 is 5.31. The van der Waals surface area contributed by atoms with E-state index in [0.717, 1.165) is 24.2 Å². The molecule has 0 bridgehead atoms. The summed E-state index contributed by atoms with van der Waals surface area (Å²) in [5, 5.41) is 22.9. The van der Waals surface area contributed by atoms with Gasteiger partial charge in [-0.3, -0.25) is 10.3 Å². The van der Waals surface area contributed by atoms with Crippen molar-refractivity contribution in [2.24, 2.45) is 0 Å². The van der Waals surface area contributed by atoms with Gasteiger partial charge < -0.3 is 9.84 Å². The maximum absolute atomic E-state index is 10.6. The van der Waals surface area contributed by atoms with Crippen LogP contribution < -0.4 is 5.32 Å². The van der Waals surface area contributed by atoms with Gasteiger partial charge in [-0.1, -0.05) is 13.8 Å². The number of aliphatic hydroxyl groups excluding tert-OH is 1.